The largest absolute Gasteiger partial charge is 0.331 e. The van der Waals surface area contributed by atoms with Crippen LogP contribution in [0.2, 0.25) is 0 Å². The van der Waals surface area contributed by atoms with Gasteiger partial charge in [-0.1, -0.05) is 6.07 Å². The zero-order chi connectivity index (χ0) is 20.0. The number of carbonyl (C=O) groups excluding carboxylic acids is 1. The third kappa shape index (κ3) is 3.71. The summed E-state index contributed by atoms with van der Waals surface area (Å²) < 4.78 is 17.0. The zero-order valence-corrected chi connectivity index (χ0v) is 17.6. The molecule has 1 saturated heterocycles. The van der Waals surface area contributed by atoms with Crippen LogP contribution in [0.4, 0.5) is 10.5 Å². The quantitative estimate of drug-likeness (QED) is 0.788. The van der Waals surface area contributed by atoms with Gasteiger partial charge >= 0.3 is 6.03 Å². The Morgan fingerprint density at radius 3 is 2.52 bits per heavy atom. The first-order valence-electron chi connectivity index (χ1n) is 10.4. The molecule has 2 aromatic rings. The summed E-state index contributed by atoms with van der Waals surface area (Å²) in [6.45, 7) is 2.94. The van der Waals surface area contributed by atoms with E-state index in [1.54, 1.807) is 6.07 Å². The van der Waals surface area contributed by atoms with Crippen molar-refractivity contribution in [2.75, 3.05) is 25.5 Å². The minimum atomic E-state index is -1.67. The lowest BCUT2D eigenvalue weighted by molar-refractivity contribution is 0.115. The number of nitrogens with zero attached hydrogens (tertiary/aromatic N) is 3. The van der Waals surface area contributed by atoms with Crippen LogP contribution in [0.3, 0.4) is 0 Å². The monoisotopic (exact) mass is 413 g/mol. The van der Waals surface area contributed by atoms with Crippen LogP contribution in [0.1, 0.15) is 35.1 Å². The second-order valence-electron chi connectivity index (χ2n) is 8.52. The number of rotatable bonds is 5. The van der Waals surface area contributed by atoms with E-state index in [4.69, 9.17) is 0 Å². The predicted molar refractivity (Wildman–Crippen MR) is 112 cm³/mol. The number of hydrogen-bond donors (Lipinski definition) is 2. The number of likely N-dealkylation sites (tertiary alicyclic amines) is 1. The van der Waals surface area contributed by atoms with E-state index in [-0.39, 0.29) is 0 Å². The van der Waals surface area contributed by atoms with E-state index in [0.717, 1.165) is 63.8 Å². The molecule has 1 atom stereocenters. The van der Waals surface area contributed by atoms with Crippen molar-refractivity contribution in [3.05, 3.63) is 40.6 Å². The molecular weight excluding hydrogens is 386 g/mol. The van der Waals surface area contributed by atoms with Crippen molar-refractivity contribution < 1.29 is 9.00 Å². The van der Waals surface area contributed by atoms with Crippen LogP contribution in [0.5, 0.6) is 0 Å². The minimum absolute atomic E-state index is 0.386. The molecule has 2 aliphatic carbocycles. The van der Waals surface area contributed by atoms with Crippen molar-refractivity contribution in [2.24, 2.45) is 5.92 Å². The average Bonchev–Trinajstić information content (AvgIpc) is 3.40. The second kappa shape index (κ2) is 7.57. The number of aromatic nitrogens is 2. The maximum absolute atomic E-state index is 12.6. The van der Waals surface area contributed by atoms with Gasteiger partial charge in [-0.15, -0.1) is 0 Å². The molecule has 7 nitrogen and oxygen atoms in total. The highest BCUT2D eigenvalue weighted by atomic mass is 32.2. The van der Waals surface area contributed by atoms with Gasteiger partial charge in [0.2, 0.25) is 0 Å². The fourth-order valence-electron chi connectivity index (χ4n) is 4.99. The summed E-state index contributed by atoms with van der Waals surface area (Å²) in [5, 5.41) is 7.80. The number of anilines is 1. The lowest BCUT2D eigenvalue weighted by Crippen LogP contribution is -2.45. The second-order valence-corrected chi connectivity index (χ2v) is 9.68. The van der Waals surface area contributed by atoms with Crippen molar-refractivity contribution in [3.63, 3.8) is 0 Å². The molecule has 5 rings (SSSR count). The zero-order valence-electron chi connectivity index (χ0n) is 16.7. The summed E-state index contributed by atoms with van der Waals surface area (Å²) in [7, 11) is 0.424. The van der Waals surface area contributed by atoms with Crippen LogP contribution >= 0.6 is 0 Å². The highest BCUT2D eigenvalue weighted by Gasteiger charge is 2.26. The summed E-state index contributed by atoms with van der Waals surface area (Å²) in [5.74, 6) is 0.583. The Kier molecular flexibility index (Phi) is 4.91. The highest BCUT2D eigenvalue weighted by molar-refractivity contribution is 7.83. The lowest BCUT2D eigenvalue weighted by atomic mass is 9.99. The van der Waals surface area contributed by atoms with Gasteiger partial charge in [0.1, 0.15) is 0 Å². The van der Waals surface area contributed by atoms with Crippen LogP contribution in [-0.2, 0) is 43.2 Å². The lowest BCUT2D eigenvalue weighted by Gasteiger charge is -2.35. The van der Waals surface area contributed by atoms with Crippen LogP contribution in [0.25, 0.3) is 0 Å². The van der Waals surface area contributed by atoms with Crippen LogP contribution in [-0.4, -0.2) is 45.1 Å². The first-order valence-corrected chi connectivity index (χ1v) is 11.6. The van der Waals surface area contributed by atoms with Crippen LogP contribution in [0, 0.1) is 5.92 Å². The van der Waals surface area contributed by atoms with E-state index >= 15 is 0 Å². The third-order valence-electron chi connectivity index (χ3n) is 6.29. The molecule has 1 aromatic heterocycles. The molecule has 1 aromatic carbocycles. The average molecular weight is 414 g/mol. The Hall–Kier alpha value is -2.19. The molecule has 2 N–H and O–H groups in total. The Morgan fingerprint density at radius 2 is 1.86 bits per heavy atom. The summed E-state index contributed by atoms with van der Waals surface area (Å²) in [4.78, 5) is 14.9. The molecule has 1 fully saturated rings. The maximum atomic E-state index is 12.6. The molecule has 29 heavy (non-hydrogen) atoms. The molecule has 0 saturated carbocycles. The predicted octanol–water partition coefficient (Wildman–Crippen LogP) is 2.27. The fraction of sp³-hybridized carbons (Fsp3) is 0.524. The molecule has 3 aliphatic rings. The van der Waals surface area contributed by atoms with Crippen LogP contribution in [0.15, 0.2) is 23.4 Å². The number of aryl methyl sites for hydroxylation is 2. The number of carbonyl (C=O) groups is 1. The summed E-state index contributed by atoms with van der Waals surface area (Å²) >= 11 is 0. The number of amides is 2. The van der Waals surface area contributed by atoms with Gasteiger partial charge in [-0.3, -0.25) is 9.40 Å². The van der Waals surface area contributed by atoms with Crippen molar-refractivity contribution in [1.82, 2.24) is 19.4 Å². The molecule has 0 spiro atoms. The highest BCUT2D eigenvalue weighted by Crippen LogP contribution is 2.38. The summed E-state index contributed by atoms with van der Waals surface area (Å²) in [6, 6.07) is 3.63. The molecule has 2 amide bonds. The van der Waals surface area contributed by atoms with E-state index in [0.29, 0.717) is 10.9 Å². The minimum Gasteiger partial charge on any atom is -0.307 e. The number of urea groups is 1. The fourth-order valence-corrected chi connectivity index (χ4v) is 5.68. The molecular formula is C21H27N5O2S. The van der Waals surface area contributed by atoms with Gasteiger partial charge in [0, 0.05) is 37.4 Å². The van der Waals surface area contributed by atoms with E-state index in [1.165, 1.54) is 22.3 Å². The van der Waals surface area contributed by atoms with E-state index in [2.05, 4.69) is 33.2 Å². The van der Waals surface area contributed by atoms with Gasteiger partial charge in [0.25, 0.3) is 0 Å². The van der Waals surface area contributed by atoms with Crippen molar-refractivity contribution in [3.8, 4) is 0 Å². The Balaban J connectivity index is 1.25. The maximum Gasteiger partial charge on any atom is 0.331 e. The molecule has 154 valence electrons. The SMILES string of the molecule is CN1CC(Cn2ccc(S(=O)NC(=O)Nc3c4c(cc5c3CCC5)CCC4)n2)C1. The van der Waals surface area contributed by atoms with Gasteiger partial charge in [0.05, 0.1) is 0 Å². The Bertz CT molecular complexity index is 947. The van der Waals surface area contributed by atoms with Crippen molar-refractivity contribution >= 4 is 22.7 Å². The standard InChI is InChI=1S/C21H27N5O2S/c1-25-11-14(12-25)13-26-9-8-19(23-26)29(28)24-21(27)22-20-17-6-2-4-15(17)10-16-5-3-7-18(16)20/h8-10,14H,2-7,11-13H2,1H3,(H2,22,24,27). The number of hydrogen-bond acceptors (Lipinski definition) is 4. The van der Waals surface area contributed by atoms with E-state index in [1.807, 2.05) is 10.9 Å². The van der Waals surface area contributed by atoms with Gasteiger partial charge in [-0.2, -0.15) is 5.10 Å². The van der Waals surface area contributed by atoms with E-state index < -0.39 is 17.0 Å². The summed E-state index contributed by atoms with van der Waals surface area (Å²) in [6.07, 6.45) is 8.27. The third-order valence-corrected chi connectivity index (χ3v) is 7.26. The number of benzene rings is 1. The topological polar surface area (TPSA) is 79.3 Å². The van der Waals surface area contributed by atoms with Crippen molar-refractivity contribution in [2.45, 2.75) is 50.1 Å². The molecule has 1 aliphatic heterocycles. The summed E-state index contributed by atoms with van der Waals surface area (Å²) in [5.41, 5.74) is 6.22. The first kappa shape index (κ1) is 18.8. The van der Waals surface area contributed by atoms with Gasteiger partial charge in [0.15, 0.2) is 16.0 Å². The Morgan fingerprint density at radius 1 is 1.17 bits per heavy atom. The normalized spacial score (nSPS) is 19.5. The molecule has 2 heterocycles. The van der Waals surface area contributed by atoms with Crippen molar-refractivity contribution in [1.29, 1.82) is 0 Å². The molecule has 1 unspecified atom stereocenters. The Labute approximate surface area is 173 Å². The molecule has 0 radical (unpaired) electrons. The van der Waals surface area contributed by atoms with E-state index in [9.17, 15) is 9.00 Å². The van der Waals surface area contributed by atoms with Gasteiger partial charge in [-0.25, -0.2) is 9.00 Å². The van der Waals surface area contributed by atoms with Gasteiger partial charge in [-0.05, 0) is 73.9 Å². The smallest absolute Gasteiger partial charge is 0.307 e. The molecule has 0 bridgehead atoms. The van der Waals surface area contributed by atoms with Gasteiger partial charge < -0.3 is 10.2 Å². The molecule has 8 heteroatoms. The first-order chi connectivity index (χ1) is 14.1. The van der Waals surface area contributed by atoms with Crippen LogP contribution < -0.4 is 10.0 Å². The number of fused-ring (bicyclic) bond motifs is 2. The number of nitrogens with one attached hydrogen (secondary N) is 2.